The van der Waals surface area contributed by atoms with Crippen molar-refractivity contribution in [3.05, 3.63) is 42.5 Å². The lowest BCUT2D eigenvalue weighted by molar-refractivity contribution is -0.138. The Labute approximate surface area is 167 Å². The molecule has 0 bridgehead atoms. The summed E-state index contributed by atoms with van der Waals surface area (Å²) < 4.78 is 5.71. The molecule has 0 N–H and O–H groups in total. The molecule has 1 saturated heterocycles. The Morgan fingerprint density at radius 2 is 1.96 bits per heavy atom. The number of rotatable bonds is 6. The number of hydrogen-bond donors (Lipinski definition) is 0. The first-order chi connectivity index (χ1) is 13.5. The fraction of sp³-hybridized carbons (Fsp3) is 0.545. The highest BCUT2D eigenvalue weighted by atomic mass is 16.5. The molecule has 2 unspecified atom stereocenters. The van der Waals surface area contributed by atoms with E-state index in [0.717, 1.165) is 30.8 Å². The highest BCUT2D eigenvalue weighted by Gasteiger charge is 2.39. The van der Waals surface area contributed by atoms with Crippen molar-refractivity contribution in [1.82, 2.24) is 9.80 Å². The number of likely N-dealkylation sites (N-methyl/N-ethyl adjacent to an activating group) is 1. The summed E-state index contributed by atoms with van der Waals surface area (Å²) in [7, 11) is 2.07. The number of fused-ring (bicyclic) bond motifs is 1. The fourth-order valence-corrected chi connectivity index (χ4v) is 3.89. The van der Waals surface area contributed by atoms with Gasteiger partial charge in [-0.15, -0.1) is 6.58 Å². The number of carbonyl (C=O) groups excluding carboxylic acids is 2. The van der Waals surface area contributed by atoms with Crippen molar-refractivity contribution in [2.75, 3.05) is 44.7 Å². The Morgan fingerprint density at radius 1 is 1.25 bits per heavy atom. The van der Waals surface area contributed by atoms with Crippen LogP contribution in [-0.2, 0) is 20.7 Å². The minimum Gasteiger partial charge on any atom is -0.368 e. The van der Waals surface area contributed by atoms with Gasteiger partial charge in [-0.25, -0.2) is 0 Å². The Morgan fingerprint density at radius 3 is 2.68 bits per heavy atom. The Kier molecular flexibility index (Phi) is 6.86. The molecule has 0 saturated carbocycles. The topological polar surface area (TPSA) is 53.1 Å². The van der Waals surface area contributed by atoms with Crippen LogP contribution in [0.2, 0.25) is 0 Å². The molecule has 6 heteroatoms. The normalized spacial score (nSPS) is 21.1. The summed E-state index contributed by atoms with van der Waals surface area (Å²) in [4.78, 5) is 32.4. The van der Waals surface area contributed by atoms with E-state index in [9.17, 15) is 9.59 Å². The lowest BCUT2D eigenvalue weighted by Gasteiger charge is -2.41. The summed E-state index contributed by atoms with van der Waals surface area (Å²) >= 11 is 0. The number of para-hydroxylation sites is 1. The fourth-order valence-electron chi connectivity index (χ4n) is 3.89. The van der Waals surface area contributed by atoms with Gasteiger partial charge in [0.15, 0.2) is 0 Å². The first kappa shape index (κ1) is 20.6. The van der Waals surface area contributed by atoms with Crippen LogP contribution in [0.1, 0.15) is 25.3 Å². The monoisotopic (exact) mass is 385 g/mol. The van der Waals surface area contributed by atoms with Crippen molar-refractivity contribution in [1.29, 1.82) is 0 Å². The van der Waals surface area contributed by atoms with Crippen LogP contribution >= 0.6 is 0 Å². The molecule has 1 aromatic carbocycles. The molecule has 0 aliphatic carbocycles. The molecule has 0 radical (unpaired) electrons. The van der Waals surface area contributed by atoms with Crippen molar-refractivity contribution >= 4 is 17.5 Å². The van der Waals surface area contributed by atoms with Crippen molar-refractivity contribution in [3.63, 3.8) is 0 Å². The standard InChI is InChI=1S/C22H31N3O3/c1-4-5-16-28-17(2)21(26)25-19-9-7-6-8-18(19)10-11-20(25)22(27)24-14-12-23(3)13-15-24/h4,6-9,17,20H,1,5,10-16H2,2-3H3. The zero-order valence-corrected chi connectivity index (χ0v) is 17.0. The molecule has 28 heavy (non-hydrogen) atoms. The molecule has 2 atom stereocenters. The Hall–Kier alpha value is -2.18. The van der Waals surface area contributed by atoms with Crippen LogP contribution in [0, 0.1) is 0 Å². The summed E-state index contributed by atoms with van der Waals surface area (Å²) in [5.74, 6) is -0.0991. The van der Waals surface area contributed by atoms with Crippen molar-refractivity contribution in [2.45, 2.75) is 38.3 Å². The molecule has 1 fully saturated rings. The first-order valence-electron chi connectivity index (χ1n) is 10.1. The number of piperazine rings is 1. The number of benzene rings is 1. The van der Waals surface area contributed by atoms with Crippen LogP contribution in [-0.4, -0.2) is 73.6 Å². The molecule has 6 nitrogen and oxygen atoms in total. The number of aryl methyl sites for hydroxylation is 1. The molecular weight excluding hydrogens is 354 g/mol. The third-order valence-electron chi connectivity index (χ3n) is 5.62. The van der Waals surface area contributed by atoms with Crippen LogP contribution in [0.4, 0.5) is 5.69 Å². The zero-order valence-electron chi connectivity index (χ0n) is 17.0. The molecule has 152 valence electrons. The van der Waals surface area contributed by atoms with Crippen molar-refractivity contribution in [2.24, 2.45) is 0 Å². The predicted octanol–water partition coefficient (Wildman–Crippen LogP) is 2.09. The van der Waals surface area contributed by atoms with E-state index in [4.69, 9.17) is 4.74 Å². The number of ether oxygens (including phenoxy) is 1. The number of amides is 2. The summed E-state index contributed by atoms with van der Waals surface area (Å²) in [5.41, 5.74) is 1.95. The Bertz CT molecular complexity index is 713. The average Bonchev–Trinajstić information content (AvgIpc) is 2.72. The van der Waals surface area contributed by atoms with Crippen LogP contribution < -0.4 is 4.90 Å². The minimum absolute atomic E-state index is 0.0502. The van der Waals surface area contributed by atoms with E-state index in [0.29, 0.717) is 32.5 Å². The second kappa shape index (κ2) is 9.34. The van der Waals surface area contributed by atoms with Gasteiger partial charge in [0, 0.05) is 31.9 Å². The molecule has 2 heterocycles. The van der Waals surface area contributed by atoms with Gasteiger partial charge in [0.05, 0.1) is 6.61 Å². The highest BCUT2D eigenvalue weighted by molar-refractivity contribution is 6.03. The lowest BCUT2D eigenvalue weighted by Crippen LogP contribution is -2.58. The lowest BCUT2D eigenvalue weighted by atomic mass is 9.94. The van der Waals surface area contributed by atoms with E-state index in [1.165, 1.54) is 0 Å². The van der Waals surface area contributed by atoms with E-state index in [1.807, 2.05) is 29.2 Å². The van der Waals surface area contributed by atoms with Gasteiger partial charge in [0.2, 0.25) is 5.91 Å². The van der Waals surface area contributed by atoms with E-state index >= 15 is 0 Å². The van der Waals surface area contributed by atoms with Crippen molar-refractivity contribution in [3.8, 4) is 0 Å². The van der Waals surface area contributed by atoms with Gasteiger partial charge in [-0.05, 0) is 44.9 Å². The maximum atomic E-state index is 13.3. The summed E-state index contributed by atoms with van der Waals surface area (Å²) in [6.07, 6.45) is 3.31. The summed E-state index contributed by atoms with van der Waals surface area (Å²) in [5, 5.41) is 0. The molecule has 0 spiro atoms. The third kappa shape index (κ3) is 4.45. The molecule has 1 aromatic rings. The van der Waals surface area contributed by atoms with E-state index in [-0.39, 0.29) is 11.8 Å². The SMILES string of the molecule is C=CCCOC(C)C(=O)N1c2ccccc2CCC1C(=O)N1CCN(C)CC1. The second-order valence-electron chi connectivity index (χ2n) is 7.61. The van der Waals surface area contributed by atoms with Gasteiger partial charge < -0.3 is 14.5 Å². The number of anilines is 1. The van der Waals surface area contributed by atoms with Crippen LogP contribution in [0.15, 0.2) is 36.9 Å². The van der Waals surface area contributed by atoms with Gasteiger partial charge in [0.1, 0.15) is 12.1 Å². The van der Waals surface area contributed by atoms with Gasteiger partial charge in [-0.3, -0.25) is 14.5 Å². The molecule has 3 rings (SSSR count). The van der Waals surface area contributed by atoms with Gasteiger partial charge in [-0.2, -0.15) is 0 Å². The minimum atomic E-state index is -0.603. The maximum absolute atomic E-state index is 13.3. The molecule has 2 aliphatic rings. The van der Waals surface area contributed by atoms with Gasteiger partial charge >= 0.3 is 0 Å². The number of carbonyl (C=O) groups is 2. The van der Waals surface area contributed by atoms with Crippen LogP contribution in [0.5, 0.6) is 0 Å². The largest absolute Gasteiger partial charge is 0.368 e. The van der Waals surface area contributed by atoms with E-state index in [2.05, 4.69) is 18.5 Å². The van der Waals surface area contributed by atoms with Crippen LogP contribution in [0.25, 0.3) is 0 Å². The van der Waals surface area contributed by atoms with Gasteiger partial charge in [-0.1, -0.05) is 24.3 Å². The van der Waals surface area contributed by atoms with E-state index < -0.39 is 12.1 Å². The number of nitrogens with zero attached hydrogens (tertiary/aromatic N) is 3. The molecule has 2 amide bonds. The highest BCUT2D eigenvalue weighted by Crippen LogP contribution is 2.32. The van der Waals surface area contributed by atoms with E-state index in [1.54, 1.807) is 17.9 Å². The molecule has 0 aromatic heterocycles. The van der Waals surface area contributed by atoms with Crippen molar-refractivity contribution < 1.29 is 14.3 Å². The molecule has 2 aliphatic heterocycles. The third-order valence-corrected chi connectivity index (χ3v) is 5.62. The van der Waals surface area contributed by atoms with Crippen LogP contribution in [0.3, 0.4) is 0 Å². The number of hydrogen-bond acceptors (Lipinski definition) is 4. The summed E-state index contributed by atoms with van der Waals surface area (Å²) in [6.45, 7) is 9.05. The van der Waals surface area contributed by atoms with Gasteiger partial charge in [0.25, 0.3) is 5.91 Å². The summed E-state index contributed by atoms with van der Waals surface area (Å²) in [6, 6.07) is 7.41. The quantitative estimate of drug-likeness (QED) is 0.556. The second-order valence-corrected chi connectivity index (χ2v) is 7.61. The smallest absolute Gasteiger partial charge is 0.256 e. The maximum Gasteiger partial charge on any atom is 0.256 e. The average molecular weight is 386 g/mol. The first-order valence-corrected chi connectivity index (χ1v) is 10.1. The predicted molar refractivity (Wildman–Crippen MR) is 110 cm³/mol. The molecular formula is C22H31N3O3. The zero-order chi connectivity index (χ0) is 20.1. The Balaban J connectivity index is 1.83.